The smallest absolute Gasteiger partial charge is 0.221 e. The molecule has 5 aromatic rings. The molecule has 1 heterocycles. The number of nitrogens with zero attached hydrogens (tertiary/aromatic N) is 3. The molecule has 0 saturated heterocycles. The Morgan fingerprint density at radius 1 is 0.606 bits per heavy atom. The summed E-state index contributed by atoms with van der Waals surface area (Å²) in [6.45, 7) is 2.01. The predicted octanol–water partition coefficient (Wildman–Crippen LogP) is 7.17. The van der Waals surface area contributed by atoms with E-state index in [9.17, 15) is 0 Å². The Morgan fingerprint density at radius 2 is 1.06 bits per heavy atom. The quantitative estimate of drug-likeness (QED) is 0.322. The van der Waals surface area contributed by atoms with Crippen LogP contribution in [0.15, 0.2) is 115 Å². The molecule has 0 aliphatic carbocycles. The number of aryl methyl sites for hydroxylation is 1. The van der Waals surface area contributed by atoms with Gasteiger partial charge in [-0.05, 0) is 30.2 Å². The molecule has 0 aliphatic rings. The summed E-state index contributed by atoms with van der Waals surface area (Å²) in [6.07, 6.45) is 1.78. The second-order valence-electron chi connectivity index (χ2n) is 7.84. The van der Waals surface area contributed by atoms with Crippen LogP contribution in [0.4, 0.5) is 23.1 Å². The van der Waals surface area contributed by atoms with Crippen molar-refractivity contribution in [3.05, 3.63) is 121 Å². The van der Waals surface area contributed by atoms with Crippen LogP contribution < -0.4 is 10.6 Å². The summed E-state index contributed by atoms with van der Waals surface area (Å²) in [7, 11) is 0. The Balaban J connectivity index is 1.81. The number of nitrogens with two attached hydrogens (primary N) is 1. The summed E-state index contributed by atoms with van der Waals surface area (Å²) in [5.74, 6) is 1.00. The second kappa shape index (κ2) is 8.97. The van der Waals surface area contributed by atoms with Crippen molar-refractivity contribution in [2.45, 2.75) is 6.92 Å². The van der Waals surface area contributed by atoms with E-state index in [4.69, 9.17) is 5.73 Å². The molecular formula is C29H24N4. The van der Waals surface area contributed by atoms with Gasteiger partial charge in [-0.2, -0.15) is 4.98 Å². The molecule has 0 aliphatic heterocycles. The van der Waals surface area contributed by atoms with Crippen LogP contribution >= 0.6 is 0 Å². The standard InChI is InChI=1S/C29H24N4/c1-21-20-31-29(30)32-28(21)33(26-18-10-8-16-24(26)22-12-4-2-5-13-22)27-19-11-9-17-25(27)23-14-6-3-7-15-23/h2-20H,1H3,(H2,30,31,32). The van der Waals surface area contributed by atoms with E-state index in [-0.39, 0.29) is 5.95 Å². The third kappa shape index (κ3) is 4.06. The lowest BCUT2D eigenvalue weighted by Crippen LogP contribution is -2.16. The third-order valence-corrected chi connectivity index (χ3v) is 5.63. The third-order valence-electron chi connectivity index (χ3n) is 5.63. The van der Waals surface area contributed by atoms with Crippen LogP contribution in [0, 0.1) is 6.92 Å². The van der Waals surface area contributed by atoms with Crippen molar-refractivity contribution in [2.24, 2.45) is 0 Å². The zero-order valence-corrected chi connectivity index (χ0v) is 18.4. The number of rotatable bonds is 5. The molecule has 0 radical (unpaired) electrons. The van der Waals surface area contributed by atoms with Crippen LogP contribution in [0.1, 0.15) is 5.56 Å². The highest BCUT2D eigenvalue weighted by Crippen LogP contribution is 2.44. The van der Waals surface area contributed by atoms with Gasteiger partial charge in [-0.15, -0.1) is 0 Å². The summed E-state index contributed by atoms with van der Waals surface area (Å²) in [5, 5.41) is 0. The normalized spacial score (nSPS) is 10.7. The first-order chi connectivity index (χ1) is 16.2. The number of hydrogen-bond acceptors (Lipinski definition) is 4. The van der Waals surface area contributed by atoms with Gasteiger partial charge in [-0.1, -0.05) is 97.1 Å². The number of anilines is 4. The van der Waals surface area contributed by atoms with E-state index in [1.165, 1.54) is 0 Å². The molecule has 0 spiro atoms. The van der Waals surface area contributed by atoms with E-state index in [0.29, 0.717) is 0 Å². The van der Waals surface area contributed by atoms with E-state index in [1.807, 2.05) is 19.1 Å². The Kier molecular flexibility index (Phi) is 5.56. The van der Waals surface area contributed by atoms with Gasteiger partial charge in [0.25, 0.3) is 0 Å². The van der Waals surface area contributed by atoms with Gasteiger partial charge in [0.1, 0.15) is 5.82 Å². The maximum atomic E-state index is 6.07. The van der Waals surface area contributed by atoms with Crippen molar-refractivity contribution in [3.63, 3.8) is 0 Å². The first kappa shape index (κ1) is 20.5. The van der Waals surface area contributed by atoms with Gasteiger partial charge in [0.2, 0.25) is 5.95 Å². The number of benzene rings is 4. The van der Waals surface area contributed by atoms with Gasteiger partial charge in [0.15, 0.2) is 0 Å². The highest BCUT2D eigenvalue weighted by molar-refractivity contribution is 5.93. The monoisotopic (exact) mass is 428 g/mol. The first-order valence-corrected chi connectivity index (χ1v) is 10.9. The molecule has 0 bridgehead atoms. The number of nitrogen functional groups attached to an aromatic ring is 1. The average Bonchev–Trinajstić information content (AvgIpc) is 2.88. The average molecular weight is 429 g/mol. The summed E-state index contributed by atoms with van der Waals surface area (Å²) in [5.41, 5.74) is 13.5. The molecule has 4 nitrogen and oxygen atoms in total. The number of hydrogen-bond donors (Lipinski definition) is 1. The van der Waals surface area contributed by atoms with Crippen molar-refractivity contribution < 1.29 is 0 Å². The van der Waals surface area contributed by atoms with Crippen LogP contribution in [0.5, 0.6) is 0 Å². The topological polar surface area (TPSA) is 55.0 Å². The van der Waals surface area contributed by atoms with Crippen molar-refractivity contribution >= 4 is 23.1 Å². The molecule has 160 valence electrons. The minimum absolute atomic E-state index is 0.245. The minimum atomic E-state index is 0.245. The first-order valence-electron chi connectivity index (χ1n) is 10.9. The predicted molar refractivity (Wildman–Crippen MR) is 137 cm³/mol. The van der Waals surface area contributed by atoms with E-state index in [2.05, 4.69) is 112 Å². The summed E-state index contributed by atoms with van der Waals surface area (Å²) in [6, 6.07) is 37.6. The fourth-order valence-electron chi connectivity index (χ4n) is 4.09. The lowest BCUT2D eigenvalue weighted by Gasteiger charge is -2.29. The van der Waals surface area contributed by atoms with Crippen molar-refractivity contribution in [1.29, 1.82) is 0 Å². The molecular weight excluding hydrogens is 404 g/mol. The molecule has 33 heavy (non-hydrogen) atoms. The van der Waals surface area contributed by atoms with E-state index in [1.54, 1.807) is 6.20 Å². The van der Waals surface area contributed by atoms with Crippen LogP contribution in [-0.4, -0.2) is 9.97 Å². The van der Waals surface area contributed by atoms with E-state index >= 15 is 0 Å². The fourth-order valence-corrected chi connectivity index (χ4v) is 4.09. The fraction of sp³-hybridized carbons (Fsp3) is 0.0345. The summed E-state index contributed by atoms with van der Waals surface area (Å²) in [4.78, 5) is 11.1. The molecule has 0 saturated carbocycles. The van der Waals surface area contributed by atoms with Gasteiger partial charge in [0, 0.05) is 22.9 Å². The lowest BCUT2D eigenvalue weighted by molar-refractivity contribution is 1.09. The minimum Gasteiger partial charge on any atom is -0.368 e. The Morgan fingerprint density at radius 3 is 1.58 bits per heavy atom. The highest BCUT2D eigenvalue weighted by Gasteiger charge is 2.22. The van der Waals surface area contributed by atoms with Crippen LogP contribution in [0.2, 0.25) is 0 Å². The Hall–Kier alpha value is -4.44. The zero-order chi connectivity index (χ0) is 22.6. The van der Waals surface area contributed by atoms with Crippen LogP contribution in [0.3, 0.4) is 0 Å². The highest BCUT2D eigenvalue weighted by atomic mass is 15.2. The van der Waals surface area contributed by atoms with Crippen molar-refractivity contribution in [1.82, 2.24) is 9.97 Å². The molecule has 2 N–H and O–H groups in total. The number of aromatic nitrogens is 2. The Bertz CT molecular complexity index is 1300. The molecule has 5 rings (SSSR count). The molecule has 0 fully saturated rings. The summed E-state index contributed by atoms with van der Waals surface area (Å²) < 4.78 is 0. The van der Waals surface area contributed by atoms with Crippen LogP contribution in [-0.2, 0) is 0 Å². The van der Waals surface area contributed by atoms with Crippen molar-refractivity contribution in [2.75, 3.05) is 10.6 Å². The molecule has 0 amide bonds. The zero-order valence-electron chi connectivity index (χ0n) is 18.4. The summed E-state index contributed by atoms with van der Waals surface area (Å²) >= 11 is 0. The lowest BCUT2D eigenvalue weighted by atomic mass is 9.99. The second-order valence-corrected chi connectivity index (χ2v) is 7.84. The van der Waals surface area contributed by atoms with Crippen LogP contribution in [0.25, 0.3) is 22.3 Å². The van der Waals surface area contributed by atoms with E-state index in [0.717, 1.165) is 45.0 Å². The molecule has 1 aromatic heterocycles. The molecule has 4 aromatic carbocycles. The largest absolute Gasteiger partial charge is 0.368 e. The van der Waals surface area contributed by atoms with Gasteiger partial charge < -0.3 is 5.73 Å². The molecule has 0 unspecified atom stereocenters. The van der Waals surface area contributed by atoms with E-state index < -0.39 is 0 Å². The molecule has 4 heteroatoms. The SMILES string of the molecule is Cc1cnc(N)nc1N(c1ccccc1-c1ccccc1)c1ccccc1-c1ccccc1. The van der Waals surface area contributed by atoms with Gasteiger partial charge in [-0.25, -0.2) is 4.98 Å². The van der Waals surface area contributed by atoms with Gasteiger partial charge in [-0.3, -0.25) is 4.90 Å². The van der Waals surface area contributed by atoms with Gasteiger partial charge >= 0.3 is 0 Å². The van der Waals surface area contributed by atoms with Gasteiger partial charge in [0.05, 0.1) is 11.4 Å². The number of para-hydroxylation sites is 2. The molecule has 0 atom stereocenters. The maximum Gasteiger partial charge on any atom is 0.221 e. The maximum absolute atomic E-state index is 6.07. The Labute approximate surface area is 194 Å². The van der Waals surface area contributed by atoms with Crippen molar-refractivity contribution in [3.8, 4) is 22.3 Å².